The smallest absolute Gasteiger partial charge is 0.120 e. The highest BCUT2D eigenvalue weighted by atomic mass is 16.1. The molecule has 0 unspecified atom stereocenters. The number of hydrogen-bond donors (Lipinski definition) is 0. The molecule has 1 heteroatoms. The van der Waals surface area contributed by atoms with Crippen molar-refractivity contribution in [3.8, 4) is 0 Å². The van der Waals surface area contributed by atoms with Crippen LogP contribution in [0.2, 0.25) is 0 Å². The summed E-state index contributed by atoms with van der Waals surface area (Å²) in [6, 6.07) is 0. The highest BCUT2D eigenvalue weighted by Crippen LogP contribution is 2.07. The Morgan fingerprint density at radius 1 is 0.786 bits per heavy atom. The molecule has 0 atom stereocenters. The fraction of sp³-hybridized carbons (Fsp3) is 0.769. The van der Waals surface area contributed by atoms with Crippen molar-refractivity contribution in [1.29, 1.82) is 0 Å². The van der Waals surface area contributed by atoms with Crippen molar-refractivity contribution >= 4 is 6.29 Å². The maximum absolute atomic E-state index is 10.0. The van der Waals surface area contributed by atoms with Gasteiger partial charge in [-0.15, -0.1) is 0 Å². The number of rotatable bonds is 10. The van der Waals surface area contributed by atoms with Gasteiger partial charge in [-0.05, 0) is 19.3 Å². The first kappa shape index (κ1) is 13.4. The van der Waals surface area contributed by atoms with E-state index in [1.54, 1.807) is 0 Å². The van der Waals surface area contributed by atoms with Gasteiger partial charge in [-0.1, -0.05) is 51.2 Å². The molecule has 0 amide bonds. The predicted molar refractivity (Wildman–Crippen MR) is 62.4 cm³/mol. The third kappa shape index (κ3) is 11.4. The van der Waals surface area contributed by atoms with Crippen molar-refractivity contribution in [2.24, 2.45) is 0 Å². The quantitative estimate of drug-likeness (QED) is 0.290. The number of carbonyl (C=O) groups excluding carboxylic acids is 1. The first-order chi connectivity index (χ1) is 6.91. The summed E-state index contributed by atoms with van der Waals surface area (Å²) < 4.78 is 0. The topological polar surface area (TPSA) is 17.1 Å². The molecule has 0 saturated heterocycles. The van der Waals surface area contributed by atoms with Crippen LogP contribution in [0.25, 0.3) is 0 Å². The van der Waals surface area contributed by atoms with Gasteiger partial charge in [0.2, 0.25) is 0 Å². The Balaban J connectivity index is 2.97. The van der Waals surface area contributed by atoms with Crippen LogP contribution in [-0.2, 0) is 4.79 Å². The van der Waals surface area contributed by atoms with Crippen LogP contribution in [0.1, 0.15) is 64.7 Å². The molecule has 0 rings (SSSR count). The molecule has 0 aliphatic carbocycles. The van der Waals surface area contributed by atoms with Crippen molar-refractivity contribution in [2.45, 2.75) is 64.7 Å². The number of hydrogen-bond acceptors (Lipinski definition) is 1. The largest absolute Gasteiger partial charge is 0.303 e. The highest BCUT2D eigenvalue weighted by molar-refractivity contribution is 5.49. The second-order valence-corrected chi connectivity index (χ2v) is 3.77. The Kier molecular flexibility index (Phi) is 11.9. The van der Waals surface area contributed by atoms with Crippen LogP contribution in [0.5, 0.6) is 0 Å². The number of unbranched alkanes of at least 4 members (excludes halogenated alkanes) is 7. The average molecular weight is 196 g/mol. The van der Waals surface area contributed by atoms with E-state index in [4.69, 9.17) is 0 Å². The summed E-state index contributed by atoms with van der Waals surface area (Å²) in [5.74, 6) is 0. The van der Waals surface area contributed by atoms with Gasteiger partial charge in [-0.2, -0.15) is 0 Å². The molecule has 0 radical (unpaired) electrons. The van der Waals surface area contributed by atoms with Crippen LogP contribution >= 0.6 is 0 Å². The van der Waals surface area contributed by atoms with E-state index in [2.05, 4.69) is 19.1 Å². The fourth-order valence-electron chi connectivity index (χ4n) is 1.44. The van der Waals surface area contributed by atoms with Gasteiger partial charge in [0, 0.05) is 6.42 Å². The number of carbonyl (C=O) groups is 1. The maximum atomic E-state index is 10.0. The molecule has 82 valence electrons. The molecular weight excluding hydrogens is 172 g/mol. The van der Waals surface area contributed by atoms with E-state index in [0.29, 0.717) is 6.42 Å². The zero-order valence-electron chi connectivity index (χ0n) is 9.50. The maximum Gasteiger partial charge on any atom is 0.120 e. The van der Waals surface area contributed by atoms with Crippen LogP contribution in [0.15, 0.2) is 12.2 Å². The molecule has 0 heterocycles. The molecule has 0 bridgehead atoms. The molecular formula is C13H24O. The summed E-state index contributed by atoms with van der Waals surface area (Å²) in [5, 5.41) is 0. The van der Waals surface area contributed by atoms with Crippen LogP contribution in [-0.4, -0.2) is 6.29 Å². The van der Waals surface area contributed by atoms with Crippen LogP contribution in [0.3, 0.4) is 0 Å². The van der Waals surface area contributed by atoms with Crippen molar-refractivity contribution in [3.63, 3.8) is 0 Å². The van der Waals surface area contributed by atoms with Crippen LogP contribution in [0, 0.1) is 0 Å². The molecule has 0 fully saturated rings. The van der Waals surface area contributed by atoms with Gasteiger partial charge < -0.3 is 4.79 Å². The van der Waals surface area contributed by atoms with Crippen molar-refractivity contribution < 1.29 is 4.79 Å². The van der Waals surface area contributed by atoms with Crippen molar-refractivity contribution in [3.05, 3.63) is 12.2 Å². The van der Waals surface area contributed by atoms with Crippen LogP contribution in [0.4, 0.5) is 0 Å². The molecule has 0 aliphatic rings. The lowest BCUT2D eigenvalue weighted by atomic mass is 10.1. The highest BCUT2D eigenvalue weighted by Gasteiger charge is 1.87. The lowest BCUT2D eigenvalue weighted by Crippen LogP contribution is -1.77. The molecule has 0 aromatic rings. The Morgan fingerprint density at radius 2 is 1.43 bits per heavy atom. The molecule has 0 saturated carbocycles. The molecule has 0 aromatic heterocycles. The summed E-state index contributed by atoms with van der Waals surface area (Å²) in [5.41, 5.74) is 0. The summed E-state index contributed by atoms with van der Waals surface area (Å²) in [6.45, 7) is 2.25. The first-order valence-electron chi connectivity index (χ1n) is 6.00. The lowest BCUT2D eigenvalue weighted by Gasteiger charge is -1.97. The zero-order chi connectivity index (χ0) is 10.5. The van der Waals surface area contributed by atoms with Gasteiger partial charge in [0.25, 0.3) is 0 Å². The van der Waals surface area contributed by atoms with Crippen molar-refractivity contribution in [2.75, 3.05) is 0 Å². The van der Waals surface area contributed by atoms with Crippen molar-refractivity contribution in [1.82, 2.24) is 0 Å². The summed E-state index contributed by atoms with van der Waals surface area (Å²) in [6.07, 6.45) is 16.2. The molecule has 0 aliphatic heterocycles. The number of allylic oxidation sites excluding steroid dienone is 2. The standard InChI is InChI=1S/C13H24O/c1-2-3-4-5-6-7-8-9-10-11-12-13-14/h9-10,13H,2-8,11-12H2,1H3/b10-9-. The minimum Gasteiger partial charge on any atom is -0.303 e. The third-order valence-electron chi connectivity index (χ3n) is 2.34. The minimum absolute atomic E-state index is 0.674. The predicted octanol–water partition coefficient (Wildman–Crippen LogP) is 4.27. The van der Waals surface area contributed by atoms with E-state index in [-0.39, 0.29) is 0 Å². The summed E-state index contributed by atoms with van der Waals surface area (Å²) in [4.78, 5) is 10.0. The number of aldehydes is 1. The van der Waals surface area contributed by atoms with Gasteiger partial charge in [-0.3, -0.25) is 0 Å². The fourth-order valence-corrected chi connectivity index (χ4v) is 1.44. The minimum atomic E-state index is 0.674. The normalized spacial score (nSPS) is 10.9. The van der Waals surface area contributed by atoms with E-state index in [0.717, 1.165) is 12.7 Å². The SMILES string of the molecule is CCCCCCCC/C=C\CCC=O. The Bertz CT molecular complexity index is 138. The van der Waals surface area contributed by atoms with Crippen LogP contribution < -0.4 is 0 Å². The van der Waals surface area contributed by atoms with Gasteiger partial charge in [0.05, 0.1) is 0 Å². The second-order valence-electron chi connectivity index (χ2n) is 3.77. The Hall–Kier alpha value is -0.590. The van der Waals surface area contributed by atoms with E-state index in [9.17, 15) is 4.79 Å². The molecule has 0 spiro atoms. The molecule has 1 nitrogen and oxygen atoms in total. The average Bonchev–Trinajstić information content (AvgIpc) is 2.21. The van der Waals surface area contributed by atoms with E-state index >= 15 is 0 Å². The van der Waals surface area contributed by atoms with Gasteiger partial charge in [0.1, 0.15) is 6.29 Å². The van der Waals surface area contributed by atoms with Gasteiger partial charge in [0.15, 0.2) is 0 Å². The molecule has 14 heavy (non-hydrogen) atoms. The van der Waals surface area contributed by atoms with E-state index < -0.39 is 0 Å². The van der Waals surface area contributed by atoms with Gasteiger partial charge in [-0.25, -0.2) is 0 Å². The Labute approximate surface area is 88.6 Å². The second kappa shape index (κ2) is 12.4. The molecule has 0 N–H and O–H groups in total. The molecule has 0 aromatic carbocycles. The lowest BCUT2D eigenvalue weighted by molar-refractivity contribution is -0.107. The Morgan fingerprint density at radius 3 is 2.14 bits per heavy atom. The monoisotopic (exact) mass is 196 g/mol. The summed E-state index contributed by atoms with van der Waals surface area (Å²) >= 11 is 0. The van der Waals surface area contributed by atoms with E-state index in [1.807, 2.05) is 0 Å². The van der Waals surface area contributed by atoms with Gasteiger partial charge >= 0.3 is 0 Å². The summed E-state index contributed by atoms with van der Waals surface area (Å²) in [7, 11) is 0. The van der Waals surface area contributed by atoms with E-state index in [1.165, 1.54) is 44.9 Å². The zero-order valence-corrected chi connectivity index (χ0v) is 9.50. The third-order valence-corrected chi connectivity index (χ3v) is 2.34. The first-order valence-corrected chi connectivity index (χ1v) is 6.00.